The summed E-state index contributed by atoms with van der Waals surface area (Å²) in [6, 6.07) is 7.40. The first kappa shape index (κ1) is 26.2. The molecule has 3 fully saturated rings. The molecular weight excluding hydrogens is 571 g/mol. The van der Waals surface area contributed by atoms with E-state index in [4.69, 9.17) is 11.6 Å². The number of hydrogen-bond acceptors (Lipinski definition) is 7. The summed E-state index contributed by atoms with van der Waals surface area (Å²) in [5, 5.41) is 3.00. The molecule has 2 saturated carbocycles. The Balaban J connectivity index is 1.38. The highest BCUT2D eigenvalue weighted by Gasteiger charge is 2.60. The van der Waals surface area contributed by atoms with E-state index in [2.05, 4.69) is 14.4 Å². The maximum atomic E-state index is 14.0. The van der Waals surface area contributed by atoms with Gasteiger partial charge in [-0.3, -0.25) is 14.3 Å². The number of nitrogens with one attached hydrogen (secondary N) is 2. The smallest absolute Gasteiger partial charge is 0.286 e. The molecule has 5 atom stereocenters. The van der Waals surface area contributed by atoms with Gasteiger partial charge in [0.2, 0.25) is 15.9 Å². The quantitative estimate of drug-likeness (QED) is 0.507. The Labute approximate surface area is 229 Å². The number of halogens is 2. The maximum Gasteiger partial charge on any atom is 0.286 e. The zero-order valence-corrected chi connectivity index (χ0v) is 23.0. The number of benzene rings is 2. The van der Waals surface area contributed by atoms with Gasteiger partial charge in [-0.25, -0.2) is 12.8 Å². The third kappa shape index (κ3) is 4.49. The molecular formula is C25H24ClFN4O6S2. The Kier molecular flexibility index (Phi) is 6.05. The maximum absolute atomic E-state index is 14.0. The monoisotopic (exact) mass is 594 g/mol. The van der Waals surface area contributed by atoms with Crippen LogP contribution in [0.4, 0.5) is 15.8 Å². The van der Waals surface area contributed by atoms with E-state index < -0.39 is 43.6 Å². The number of carbonyl (C=O) groups is 2. The van der Waals surface area contributed by atoms with E-state index in [9.17, 15) is 30.8 Å². The van der Waals surface area contributed by atoms with Crippen LogP contribution in [-0.4, -0.2) is 51.6 Å². The number of sulfonamides is 2. The second-order valence-corrected chi connectivity index (χ2v) is 14.3. The number of ketones is 1. The van der Waals surface area contributed by atoms with Gasteiger partial charge in [0, 0.05) is 29.2 Å². The van der Waals surface area contributed by atoms with Gasteiger partial charge in [-0.1, -0.05) is 17.7 Å². The van der Waals surface area contributed by atoms with Crippen molar-refractivity contribution < 1.29 is 30.8 Å². The molecule has 2 aliphatic heterocycles. The second-order valence-electron chi connectivity index (χ2n) is 10.5. The average Bonchev–Trinajstić information content (AvgIpc) is 3.45. The minimum Gasteiger partial charge on any atom is -0.341 e. The highest BCUT2D eigenvalue weighted by Crippen LogP contribution is 2.54. The van der Waals surface area contributed by atoms with E-state index >= 15 is 0 Å². The van der Waals surface area contributed by atoms with Crippen LogP contribution in [0.2, 0.25) is 5.02 Å². The fraction of sp³-hybridized carbons (Fsp3) is 0.400. The van der Waals surface area contributed by atoms with E-state index in [1.807, 2.05) is 0 Å². The Hall–Kier alpha value is -3.03. The molecule has 206 valence electrons. The van der Waals surface area contributed by atoms with Crippen LogP contribution in [0.5, 0.6) is 0 Å². The van der Waals surface area contributed by atoms with Gasteiger partial charge in [0.1, 0.15) is 16.5 Å². The molecule has 0 aromatic heterocycles. The third-order valence-corrected chi connectivity index (χ3v) is 10.3. The number of rotatable bonds is 5. The van der Waals surface area contributed by atoms with Crippen LogP contribution >= 0.6 is 11.6 Å². The highest BCUT2D eigenvalue weighted by atomic mass is 35.5. The van der Waals surface area contributed by atoms with Crippen LogP contribution in [0.15, 0.2) is 45.7 Å². The molecule has 6 rings (SSSR count). The van der Waals surface area contributed by atoms with Crippen molar-refractivity contribution in [3.05, 3.63) is 52.8 Å². The first-order valence-electron chi connectivity index (χ1n) is 12.3. The van der Waals surface area contributed by atoms with Crippen molar-refractivity contribution >= 4 is 60.5 Å². The van der Waals surface area contributed by atoms with Crippen LogP contribution in [0.1, 0.15) is 24.8 Å². The zero-order chi connectivity index (χ0) is 27.9. The van der Waals surface area contributed by atoms with Gasteiger partial charge in [0.15, 0.2) is 11.7 Å². The molecule has 4 aliphatic rings. The van der Waals surface area contributed by atoms with Crippen molar-refractivity contribution in [3.8, 4) is 0 Å². The van der Waals surface area contributed by atoms with Crippen molar-refractivity contribution in [2.45, 2.75) is 36.7 Å². The molecule has 2 aromatic rings. The lowest BCUT2D eigenvalue weighted by atomic mass is 9.73. The molecule has 1 saturated heterocycles. The number of Topliss-reactive ketones (excluding diaryl/α,β-unsaturated/α-hetero) is 1. The number of nitrogens with zero attached hydrogens (tertiary/aromatic N) is 2. The minimum atomic E-state index is -4.38. The number of hydrogen-bond donors (Lipinski definition) is 2. The normalized spacial score (nSPS) is 28.9. The van der Waals surface area contributed by atoms with Crippen molar-refractivity contribution in [3.63, 3.8) is 0 Å². The van der Waals surface area contributed by atoms with Gasteiger partial charge < -0.3 is 10.2 Å². The largest absolute Gasteiger partial charge is 0.341 e. The van der Waals surface area contributed by atoms with E-state index in [1.165, 1.54) is 24.3 Å². The molecule has 0 spiro atoms. The summed E-state index contributed by atoms with van der Waals surface area (Å²) in [4.78, 5) is 29.1. The highest BCUT2D eigenvalue weighted by molar-refractivity contribution is 7.92. The SMILES string of the molecule is CS(=O)(=O)Nc1ccc2c(c1)S(=O)(=O)N=C(C1C(=O)C3C([C@@H]4CC[C@H]3C4)N(Cc3ccc(F)cc3Cl)C1=O)N2. The summed E-state index contributed by atoms with van der Waals surface area (Å²) in [7, 11) is -8.04. The first-order valence-corrected chi connectivity index (χ1v) is 16.1. The number of amidine groups is 1. The van der Waals surface area contributed by atoms with Gasteiger partial charge in [-0.05, 0) is 67.0 Å². The van der Waals surface area contributed by atoms with Crippen molar-refractivity contribution in [1.82, 2.24) is 4.90 Å². The van der Waals surface area contributed by atoms with Gasteiger partial charge in [0.25, 0.3) is 10.0 Å². The van der Waals surface area contributed by atoms with Crippen molar-refractivity contribution in [1.29, 1.82) is 0 Å². The summed E-state index contributed by atoms with van der Waals surface area (Å²) in [6.45, 7) is 0.0449. The number of anilines is 2. The molecule has 0 radical (unpaired) electrons. The Morgan fingerprint density at radius 3 is 2.62 bits per heavy atom. The van der Waals surface area contributed by atoms with E-state index in [-0.39, 0.29) is 57.3 Å². The van der Waals surface area contributed by atoms with Crippen molar-refractivity contribution in [2.24, 2.45) is 28.1 Å². The summed E-state index contributed by atoms with van der Waals surface area (Å²) < 4.78 is 69.2. The predicted octanol–water partition coefficient (Wildman–Crippen LogP) is 3.01. The first-order chi connectivity index (χ1) is 18.3. The lowest BCUT2D eigenvalue weighted by molar-refractivity contribution is -0.153. The minimum absolute atomic E-state index is 0.0252. The standard InChI is InChI=1S/C25H24ClFN4O6S2/c1-38(34,35)29-16-6-7-18-19(10-16)39(36,37)30-24(28-18)21-23(32)20-12-2-3-13(8-12)22(20)31(25(21)33)11-14-4-5-15(27)9-17(14)26/h4-7,9-10,12-13,20-22,29H,2-3,8,11H2,1H3,(H,28,30)/t12-,13+,20?,21?,22?/m0/s1. The fourth-order valence-corrected chi connectivity index (χ4v) is 8.55. The van der Waals surface area contributed by atoms with Crippen LogP contribution < -0.4 is 10.0 Å². The number of likely N-dealkylation sites (tertiary alicyclic amines) is 1. The number of amides is 1. The average molecular weight is 595 g/mol. The van der Waals surface area contributed by atoms with Crippen LogP contribution in [0.3, 0.4) is 0 Å². The molecule has 2 aromatic carbocycles. The lowest BCUT2D eigenvalue weighted by Gasteiger charge is -2.46. The Bertz CT molecular complexity index is 1680. The zero-order valence-electron chi connectivity index (χ0n) is 20.6. The van der Waals surface area contributed by atoms with Gasteiger partial charge >= 0.3 is 0 Å². The molecule has 2 N–H and O–H groups in total. The van der Waals surface area contributed by atoms with Crippen molar-refractivity contribution in [2.75, 3.05) is 16.3 Å². The van der Waals surface area contributed by atoms with Crippen LogP contribution in [0.25, 0.3) is 0 Å². The van der Waals surface area contributed by atoms with E-state index in [0.717, 1.165) is 37.7 Å². The molecule has 2 heterocycles. The topological polar surface area (TPSA) is 142 Å². The van der Waals surface area contributed by atoms with E-state index in [1.54, 1.807) is 4.90 Å². The Morgan fingerprint density at radius 2 is 1.90 bits per heavy atom. The summed E-state index contributed by atoms with van der Waals surface area (Å²) >= 11 is 6.28. The summed E-state index contributed by atoms with van der Waals surface area (Å²) in [5.74, 6) is -3.49. The lowest BCUT2D eigenvalue weighted by Crippen LogP contribution is -2.61. The molecule has 10 nitrogen and oxygen atoms in total. The molecule has 2 bridgehead atoms. The second kappa shape index (κ2) is 9.00. The molecule has 3 unspecified atom stereocenters. The van der Waals surface area contributed by atoms with Gasteiger partial charge in [0.05, 0.1) is 11.9 Å². The van der Waals surface area contributed by atoms with E-state index in [0.29, 0.717) is 5.56 Å². The summed E-state index contributed by atoms with van der Waals surface area (Å²) in [6.07, 6.45) is 3.46. The number of piperidine rings is 1. The van der Waals surface area contributed by atoms with Gasteiger partial charge in [-0.2, -0.15) is 8.42 Å². The van der Waals surface area contributed by atoms with Gasteiger partial charge in [-0.15, -0.1) is 4.40 Å². The molecule has 39 heavy (non-hydrogen) atoms. The fourth-order valence-electron chi connectivity index (χ4n) is 6.59. The number of carbonyl (C=O) groups excluding carboxylic acids is 2. The van der Waals surface area contributed by atoms with Crippen LogP contribution in [0, 0.1) is 29.5 Å². The molecule has 1 amide bonds. The predicted molar refractivity (Wildman–Crippen MR) is 142 cm³/mol. The molecule has 2 aliphatic carbocycles. The Morgan fingerprint density at radius 1 is 1.15 bits per heavy atom. The number of fused-ring (bicyclic) bond motifs is 6. The summed E-state index contributed by atoms with van der Waals surface area (Å²) in [5.41, 5.74) is 0.614. The van der Waals surface area contributed by atoms with Crippen LogP contribution in [-0.2, 0) is 36.2 Å². The third-order valence-electron chi connectivity index (χ3n) is 8.05. The molecule has 14 heteroatoms.